The normalized spacial score (nSPS) is 12.8. The van der Waals surface area contributed by atoms with Crippen molar-refractivity contribution in [3.63, 3.8) is 0 Å². The average molecular weight is 407 g/mol. The monoisotopic (exact) mass is 406 g/mol. The number of amides is 1. The fourth-order valence-electron chi connectivity index (χ4n) is 2.59. The molecular weight excluding hydrogens is 380 g/mol. The molecule has 0 radical (unpaired) electrons. The van der Waals surface area contributed by atoms with Crippen LogP contribution < -0.4 is 4.90 Å². The van der Waals surface area contributed by atoms with E-state index in [1.54, 1.807) is 23.1 Å². The van der Waals surface area contributed by atoms with Crippen LogP contribution in [0.4, 0.5) is 5.69 Å². The molecule has 0 aliphatic carbocycles. The third-order valence-corrected chi connectivity index (χ3v) is 7.19. The Balaban J connectivity index is 2.07. The van der Waals surface area contributed by atoms with Crippen LogP contribution >= 0.6 is 11.8 Å². The first kappa shape index (κ1) is 21.5. The summed E-state index contributed by atoms with van der Waals surface area (Å²) in [6, 6.07) is 16.5. The highest BCUT2D eigenvalue weighted by atomic mass is 32.2. The molecular formula is C20H26N2O3S2. The molecule has 27 heavy (non-hydrogen) atoms. The molecule has 0 spiro atoms. The number of para-hydroxylation sites is 1. The summed E-state index contributed by atoms with van der Waals surface area (Å²) >= 11 is 1.50. The summed E-state index contributed by atoms with van der Waals surface area (Å²) in [5.41, 5.74) is 1.77. The van der Waals surface area contributed by atoms with Crippen LogP contribution in [0.25, 0.3) is 0 Å². The molecule has 5 nitrogen and oxygen atoms in total. The van der Waals surface area contributed by atoms with Gasteiger partial charge < -0.3 is 4.90 Å². The van der Waals surface area contributed by atoms with E-state index in [1.165, 1.54) is 30.2 Å². The van der Waals surface area contributed by atoms with Crippen molar-refractivity contribution in [2.24, 2.45) is 0 Å². The Bertz CT molecular complexity index is 868. The lowest BCUT2D eigenvalue weighted by molar-refractivity contribution is -0.117. The maximum absolute atomic E-state index is 12.8. The molecule has 1 atom stereocenters. The number of nitrogens with zero attached hydrogens (tertiary/aromatic N) is 2. The molecule has 0 bridgehead atoms. The van der Waals surface area contributed by atoms with Crippen LogP contribution in [-0.4, -0.2) is 44.5 Å². The number of thioether (sulfide) groups is 1. The fraction of sp³-hybridized carbons (Fsp3) is 0.350. The van der Waals surface area contributed by atoms with Gasteiger partial charge in [0.2, 0.25) is 15.9 Å². The first-order chi connectivity index (χ1) is 12.8. The Labute approximate surface area is 166 Å². The van der Waals surface area contributed by atoms with Crippen molar-refractivity contribution in [3.8, 4) is 0 Å². The van der Waals surface area contributed by atoms with Gasteiger partial charge in [-0.05, 0) is 43.7 Å². The lowest BCUT2D eigenvalue weighted by Gasteiger charge is -2.24. The Morgan fingerprint density at radius 3 is 2.33 bits per heavy atom. The summed E-state index contributed by atoms with van der Waals surface area (Å²) in [5.74, 6) is 0.613. The Morgan fingerprint density at radius 1 is 1.07 bits per heavy atom. The van der Waals surface area contributed by atoms with Crippen molar-refractivity contribution in [1.82, 2.24) is 4.31 Å². The van der Waals surface area contributed by atoms with Crippen LogP contribution in [0.2, 0.25) is 0 Å². The van der Waals surface area contributed by atoms with E-state index in [1.807, 2.05) is 50.2 Å². The number of hydrogen-bond donors (Lipinski definition) is 0. The fourth-order valence-corrected chi connectivity index (χ4v) is 4.46. The number of benzene rings is 2. The first-order valence-corrected chi connectivity index (χ1v) is 11.3. The van der Waals surface area contributed by atoms with Crippen molar-refractivity contribution >= 4 is 33.4 Å². The second-order valence-corrected chi connectivity index (χ2v) is 9.79. The molecule has 7 heteroatoms. The third-order valence-electron chi connectivity index (χ3n) is 4.17. The zero-order valence-electron chi connectivity index (χ0n) is 16.1. The maximum atomic E-state index is 12.8. The standard InChI is InChI=1S/C20H26N2O3S2/c1-5-22(18-11-7-6-8-12-18)20(23)16(2)26-15-17-10-9-13-19(14-17)27(24,25)21(3)4/h6-14,16H,5,15H2,1-4H3/t16-/m0/s1. The summed E-state index contributed by atoms with van der Waals surface area (Å²) in [5, 5.41) is -0.237. The number of sulfonamides is 1. The van der Waals surface area contributed by atoms with Crippen molar-refractivity contribution in [1.29, 1.82) is 0 Å². The maximum Gasteiger partial charge on any atom is 0.242 e. The van der Waals surface area contributed by atoms with Gasteiger partial charge in [-0.15, -0.1) is 11.8 Å². The van der Waals surface area contributed by atoms with Gasteiger partial charge in [0.1, 0.15) is 0 Å². The summed E-state index contributed by atoms with van der Waals surface area (Å²) in [4.78, 5) is 14.9. The molecule has 0 fully saturated rings. The molecule has 0 saturated carbocycles. The van der Waals surface area contributed by atoms with E-state index in [9.17, 15) is 13.2 Å². The number of anilines is 1. The van der Waals surface area contributed by atoms with Gasteiger partial charge in [-0.3, -0.25) is 4.79 Å². The molecule has 0 N–H and O–H groups in total. The van der Waals surface area contributed by atoms with Gasteiger partial charge in [-0.25, -0.2) is 12.7 Å². The highest BCUT2D eigenvalue weighted by Gasteiger charge is 2.22. The number of carbonyl (C=O) groups excluding carboxylic acids is 1. The molecule has 0 aliphatic rings. The average Bonchev–Trinajstić information content (AvgIpc) is 2.67. The highest BCUT2D eigenvalue weighted by Crippen LogP contribution is 2.24. The molecule has 0 unspecified atom stereocenters. The summed E-state index contributed by atoms with van der Waals surface area (Å²) in [6.45, 7) is 4.45. The van der Waals surface area contributed by atoms with Crippen LogP contribution in [0, 0.1) is 0 Å². The summed E-state index contributed by atoms with van der Waals surface area (Å²) in [6.07, 6.45) is 0. The van der Waals surface area contributed by atoms with E-state index in [0.717, 1.165) is 11.3 Å². The molecule has 2 aromatic carbocycles. The van der Waals surface area contributed by atoms with Crippen molar-refractivity contribution < 1.29 is 13.2 Å². The van der Waals surface area contributed by atoms with E-state index >= 15 is 0 Å². The summed E-state index contributed by atoms with van der Waals surface area (Å²) < 4.78 is 25.7. The molecule has 0 saturated heterocycles. The van der Waals surface area contributed by atoms with E-state index in [0.29, 0.717) is 12.3 Å². The Hall–Kier alpha value is -1.83. The van der Waals surface area contributed by atoms with E-state index in [4.69, 9.17) is 0 Å². The predicted octanol–water partition coefficient (Wildman–Crippen LogP) is 3.61. The smallest absolute Gasteiger partial charge is 0.242 e. The zero-order valence-corrected chi connectivity index (χ0v) is 17.8. The number of rotatable bonds is 8. The van der Waals surface area contributed by atoms with Gasteiger partial charge in [0, 0.05) is 32.1 Å². The van der Waals surface area contributed by atoms with Gasteiger partial charge in [0.25, 0.3) is 0 Å². The lowest BCUT2D eigenvalue weighted by Crippen LogP contribution is -2.36. The van der Waals surface area contributed by atoms with Gasteiger partial charge in [-0.2, -0.15) is 0 Å². The minimum absolute atomic E-state index is 0.0470. The minimum atomic E-state index is -3.46. The van der Waals surface area contributed by atoms with Crippen LogP contribution in [0.1, 0.15) is 19.4 Å². The molecule has 1 amide bonds. The first-order valence-electron chi connectivity index (χ1n) is 8.77. The lowest BCUT2D eigenvalue weighted by atomic mass is 10.2. The Kier molecular flexibility index (Phi) is 7.47. The number of hydrogen-bond acceptors (Lipinski definition) is 4. The molecule has 146 valence electrons. The molecule has 2 rings (SSSR count). The van der Waals surface area contributed by atoms with Gasteiger partial charge in [0.05, 0.1) is 10.1 Å². The van der Waals surface area contributed by atoms with Gasteiger partial charge in [-0.1, -0.05) is 30.3 Å². The molecule has 2 aromatic rings. The second kappa shape index (κ2) is 9.39. The van der Waals surface area contributed by atoms with Gasteiger partial charge in [0.15, 0.2) is 0 Å². The second-order valence-electron chi connectivity index (χ2n) is 6.31. The molecule has 0 aliphatic heterocycles. The Morgan fingerprint density at radius 2 is 1.74 bits per heavy atom. The van der Waals surface area contributed by atoms with Crippen LogP contribution in [0.5, 0.6) is 0 Å². The zero-order chi connectivity index (χ0) is 20.0. The minimum Gasteiger partial charge on any atom is -0.312 e. The van der Waals surface area contributed by atoms with E-state index < -0.39 is 10.0 Å². The van der Waals surface area contributed by atoms with E-state index in [-0.39, 0.29) is 16.1 Å². The van der Waals surface area contributed by atoms with Crippen LogP contribution in [0.15, 0.2) is 59.5 Å². The van der Waals surface area contributed by atoms with Crippen LogP contribution in [-0.2, 0) is 20.6 Å². The van der Waals surface area contributed by atoms with Crippen molar-refractivity contribution in [2.75, 3.05) is 25.5 Å². The van der Waals surface area contributed by atoms with E-state index in [2.05, 4.69) is 0 Å². The van der Waals surface area contributed by atoms with Crippen molar-refractivity contribution in [3.05, 3.63) is 60.2 Å². The summed E-state index contributed by atoms with van der Waals surface area (Å²) in [7, 11) is -0.430. The molecule has 0 aromatic heterocycles. The largest absolute Gasteiger partial charge is 0.312 e. The molecule has 0 heterocycles. The third kappa shape index (κ3) is 5.34. The quantitative estimate of drug-likeness (QED) is 0.672. The topological polar surface area (TPSA) is 57.7 Å². The SMILES string of the molecule is CCN(C(=O)[C@H](C)SCc1cccc(S(=O)(=O)N(C)C)c1)c1ccccc1. The highest BCUT2D eigenvalue weighted by molar-refractivity contribution is 7.99. The van der Waals surface area contributed by atoms with Crippen molar-refractivity contribution in [2.45, 2.75) is 29.7 Å². The van der Waals surface area contributed by atoms with Crippen LogP contribution in [0.3, 0.4) is 0 Å². The number of carbonyl (C=O) groups is 1. The predicted molar refractivity (Wildman–Crippen MR) is 113 cm³/mol. The van der Waals surface area contributed by atoms with Gasteiger partial charge >= 0.3 is 0 Å².